The molecule has 5 nitrogen and oxygen atoms in total. The summed E-state index contributed by atoms with van der Waals surface area (Å²) in [6.45, 7) is 3.23. The second-order valence-electron chi connectivity index (χ2n) is 4.35. The number of methoxy groups -OCH3 is 1. The van der Waals surface area contributed by atoms with Crippen molar-refractivity contribution in [3.05, 3.63) is 45.4 Å². The number of ether oxygens (including phenoxy) is 2. The summed E-state index contributed by atoms with van der Waals surface area (Å²) in [4.78, 5) is 28.6. The van der Waals surface area contributed by atoms with Gasteiger partial charge in [0.1, 0.15) is 10.6 Å². The highest BCUT2D eigenvalue weighted by molar-refractivity contribution is 7.13. The van der Waals surface area contributed by atoms with Crippen LogP contribution in [0.3, 0.4) is 0 Å². The average Bonchev–Trinajstić information content (AvgIpc) is 2.83. The van der Waals surface area contributed by atoms with E-state index in [1.165, 1.54) is 18.4 Å². The van der Waals surface area contributed by atoms with Crippen molar-refractivity contribution in [2.45, 2.75) is 13.8 Å². The highest BCUT2D eigenvalue weighted by atomic mass is 32.1. The van der Waals surface area contributed by atoms with Gasteiger partial charge in [-0.25, -0.2) is 9.78 Å². The van der Waals surface area contributed by atoms with Crippen LogP contribution in [-0.2, 0) is 4.74 Å². The monoisotopic (exact) mass is 305 g/mol. The predicted molar refractivity (Wildman–Crippen MR) is 79.2 cm³/mol. The quantitative estimate of drug-likeness (QED) is 0.628. The molecule has 0 saturated heterocycles. The van der Waals surface area contributed by atoms with E-state index < -0.39 is 5.97 Å². The molecule has 2 aromatic rings. The van der Waals surface area contributed by atoms with Crippen molar-refractivity contribution in [2.24, 2.45) is 0 Å². The number of nitrogens with zero attached hydrogens (tertiary/aromatic N) is 1. The predicted octanol–water partition coefficient (Wildman–Crippen LogP) is 2.81. The van der Waals surface area contributed by atoms with Crippen LogP contribution >= 0.6 is 11.3 Å². The van der Waals surface area contributed by atoms with Crippen molar-refractivity contribution < 1.29 is 19.1 Å². The smallest absolute Gasteiger partial charge is 0.350 e. The largest absolute Gasteiger partial charge is 0.496 e. The molecule has 0 amide bonds. The van der Waals surface area contributed by atoms with E-state index in [1.54, 1.807) is 31.2 Å². The highest BCUT2D eigenvalue weighted by Crippen LogP contribution is 2.20. The van der Waals surface area contributed by atoms with E-state index in [1.807, 2.05) is 6.92 Å². The van der Waals surface area contributed by atoms with Crippen molar-refractivity contribution in [3.8, 4) is 5.75 Å². The van der Waals surface area contributed by atoms with Crippen molar-refractivity contribution >= 4 is 23.1 Å². The molecule has 0 radical (unpaired) electrons. The molecule has 2 rings (SSSR count). The van der Waals surface area contributed by atoms with E-state index in [2.05, 4.69) is 4.98 Å². The number of ketones is 1. The topological polar surface area (TPSA) is 65.5 Å². The van der Waals surface area contributed by atoms with Gasteiger partial charge in [0.15, 0.2) is 6.61 Å². The summed E-state index contributed by atoms with van der Waals surface area (Å²) < 4.78 is 10.2. The zero-order valence-corrected chi connectivity index (χ0v) is 12.8. The molecule has 0 spiro atoms. The molecule has 1 aromatic carbocycles. The molecule has 110 valence electrons. The fraction of sp³-hybridized carbons (Fsp3) is 0.267. The highest BCUT2D eigenvalue weighted by Gasteiger charge is 2.18. The number of carbonyl (C=O) groups is 2. The number of rotatable bonds is 5. The van der Waals surface area contributed by atoms with Crippen molar-refractivity contribution in [1.29, 1.82) is 0 Å². The van der Waals surface area contributed by atoms with Gasteiger partial charge in [-0.05, 0) is 26.0 Å². The van der Waals surface area contributed by atoms with Gasteiger partial charge in [0.05, 0.1) is 23.4 Å². The lowest BCUT2D eigenvalue weighted by Crippen LogP contribution is -2.14. The third-order valence-corrected chi connectivity index (χ3v) is 3.88. The molecule has 0 atom stereocenters. The molecule has 0 aliphatic heterocycles. The van der Waals surface area contributed by atoms with Crippen molar-refractivity contribution in [1.82, 2.24) is 4.98 Å². The standard InChI is InChI=1S/C15H15NO4S/c1-9-14(21-10(2)16-9)15(18)20-8-12(17)11-6-4-5-7-13(11)19-3/h4-7H,8H2,1-3H3. The summed E-state index contributed by atoms with van der Waals surface area (Å²) in [5.41, 5.74) is 1.01. The van der Waals surface area contributed by atoms with Gasteiger partial charge in [-0.2, -0.15) is 0 Å². The van der Waals surface area contributed by atoms with E-state index in [9.17, 15) is 9.59 Å². The van der Waals surface area contributed by atoms with Gasteiger partial charge < -0.3 is 9.47 Å². The number of esters is 1. The SMILES string of the molecule is COc1ccccc1C(=O)COC(=O)c1sc(C)nc1C. The Hall–Kier alpha value is -2.21. The molecular formula is C15H15NO4S. The molecule has 6 heteroatoms. The first-order valence-electron chi connectivity index (χ1n) is 6.30. The van der Waals surface area contributed by atoms with Crippen LogP contribution in [0.2, 0.25) is 0 Å². The number of hydrogen-bond acceptors (Lipinski definition) is 6. The zero-order chi connectivity index (χ0) is 15.4. The van der Waals surface area contributed by atoms with Gasteiger partial charge >= 0.3 is 5.97 Å². The number of aromatic nitrogens is 1. The maximum absolute atomic E-state index is 12.1. The Bertz CT molecular complexity index is 678. The molecule has 0 unspecified atom stereocenters. The van der Waals surface area contributed by atoms with Gasteiger partial charge in [-0.15, -0.1) is 11.3 Å². The molecule has 1 heterocycles. The number of thiazole rings is 1. The maximum Gasteiger partial charge on any atom is 0.350 e. The Morgan fingerprint density at radius 1 is 1.24 bits per heavy atom. The number of benzene rings is 1. The third kappa shape index (κ3) is 3.46. The molecule has 0 bridgehead atoms. The second kappa shape index (κ2) is 6.49. The molecule has 21 heavy (non-hydrogen) atoms. The van der Waals surface area contributed by atoms with Crippen molar-refractivity contribution in [2.75, 3.05) is 13.7 Å². The molecular weight excluding hydrogens is 290 g/mol. The summed E-state index contributed by atoms with van der Waals surface area (Å²) in [6, 6.07) is 6.82. The molecule has 0 aliphatic rings. The van der Waals surface area contributed by atoms with Crippen LogP contribution in [0.4, 0.5) is 0 Å². The molecule has 0 N–H and O–H groups in total. The summed E-state index contributed by atoms with van der Waals surface area (Å²) in [5, 5.41) is 0.788. The van der Waals surface area contributed by atoms with Gasteiger partial charge in [-0.3, -0.25) is 4.79 Å². The van der Waals surface area contributed by atoms with E-state index in [0.29, 0.717) is 21.9 Å². The van der Waals surface area contributed by atoms with Gasteiger partial charge in [0.2, 0.25) is 5.78 Å². The number of hydrogen-bond donors (Lipinski definition) is 0. The Morgan fingerprint density at radius 3 is 2.57 bits per heavy atom. The lowest BCUT2D eigenvalue weighted by Gasteiger charge is -2.07. The number of aryl methyl sites for hydroxylation is 2. The van der Waals surface area contributed by atoms with Crippen LogP contribution in [0.15, 0.2) is 24.3 Å². The van der Waals surface area contributed by atoms with Crippen LogP contribution in [0.5, 0.6) is 5.75 Å². The van der Waals surface area contributed by atoms with Gasteiger partial charge in [0, 0.05) is 0 Å². The first kappa shape index (κ1) is 15.2. The average molecular weight is 305 g/mol. The van der Waals surface area contributed by atoms with Gasteiger partial charge in [-0.1, -0.05) is 12.1 Å². The van der Waals surface area contributed by atoms with Crippen LogP contribution < -0.4 is 4.74 Å². The molecule has 1 aromatic heterocycles. The molecule has 0 fully saturated rings. The lowest BCUT2D eigenvalue weighted by molar-refractivity contribution is 0.0478. The molecule has 0 saturated carbocycles. The summed E-state index contributed by atoms with van der Waals surface area (Å²) in [5.74, 6) is -0.371. The lowest BCUT2D eigenvalue weighted by atomic mass is 10.1. The van der Waals surface area contributed by atoms with Crippen LogP contribution in [0, 0.1) is 13.8 Å². The first-order chi connectivity index (χ1) is 10.0. The van der Waals surface area contributed by atoms with Crippen LogP contribution in [-0.4, -0.2) is 30.5 Å². The summed E-state index contributed by atoms with van der Waals surface area (Å²) in [6.07, 6.45) is 0. The van der Waals surface area contributed by atoms with Crippen LogP contribution in [0.1, 0.15) is 30.7 Å². The second-order valence-corrected chi connectivity index (χ2v) is 5.55. The maximum atomic E-state index is 12.1. The minimum Gasteiger partial charge on any atom is -0.496 e. The fourth-order valence-corrected chi connectivity index (χ4v) is 2.68. The number of para-hydroxylation sites is 1. The third-order valence-electron chi connectivity index (χ3n) is 2.83. The Morgan fingerprint density at radius 2 is 1.95 bits per heavy atom. The van der Waals surface area contributed by atoms with E-state index >= 15 is 0 Å². The number of carbonyl (C=O) groups excluding carboxylic acids is 2. The zero-order valence-electron chi connectivity index (χ0n) is 12.0. The fourth-order valence-electron chi connectivity index (χ4n) is 1.87. The Labute approximate surface area is 126 Å². The Balaban J connectivity index is 2.04. The van der Waals surface area contributed by atoms with Crippen molar-refractivity contribution in [3.63, 3.8) is 0 Å². The minimum absolute atomic E-state index is 0.306. The van der Waals surface area contributed by atoms with E-state index in [0.717, 1.165) is 5.01 Å². The van der Waals surface area contributed by atoms with Crippen LogP contribution in [0.25, 0.3) is 0 Å². The first-order valence-corrected chi connectivity index (χ1v) is 7.12. The Kier molecular flexibility index (Phi) is 4.70. The summed E-state index contributed by atoms with van der Waals surface area (Å²) >= 11 is 1.26. The molecule has 0 aliphatic carbocycles. The van der Waals surface area contributed by atoms with E-state index in [4.69, 9.17) is 9.47 Å². The summed E-state index contributed by atoms with van der Waals surface area (Å²) in [7, 11) is 1.49. The number of Topliss-reactive ketones (excluding diaryl/α,β-unsaturated/α-hetero) is 1. The minimum atomic E-state index is -0.527. The normalized spacial score (nSPS) is 10.2. The van der Waals surface area contributed by atoms with E-state index in [-0.39, 0.29) is 12.4 Å². The van der Waals surface area contributed by atoms with Gasteiger partial charge in [0.25, 0.3) is 0 Å².